The molecule has 100 valence electrons. The summed E-state index contributed by atoms with van der Waals surface area (Å²) in [6, 6.07) is 2.08. The summed E-state index contributed by atoms with van der Waals surface area (Å²) in [6.45, 7) is 4.30. The lowest BCUT2D eigenvalue weighted by molar-refractivity contribution is -0.127. The summed E-state index contributed by atoms with van der Waals surface area (Å²) in [7, 11) is 1.81. The van der Waals surface area contributed by atoms with Crippen LogP contribution in [-0.4, -0.2) is 34.4 Å². The average molecular weight is 275 g/mol. The van der Waals surface area contributed by atoms with Crippen LogP contribution in [0.2, 0.25) is 0 Å². The van der Waals surface area contributed by atoms with Gasteiger partial charge in [0, 0.05) is 50.3 Å². The van der Waals surface area contributed by atoms with E-state index < -0.39 is 0 Å². The Balaban J connectivity index is 2.05. The number of pyridine rings is 1. The molecule has 0 aliphatic heterocycles. The van der Waals surface area contributed by atoms with E-state index >= 15 is 0 Å². The molecule has 0 spiro atoms. The van der Waals surface area contributed by atoms with E-state index in [1.165, 1.54) is 0 Å². The van der Waals surface area contributed by atoms with E-state index in [0.717, 1.165) is 28.2 Å². The number of amides is 1. The average Bonchev–Trinajstić information content (AvgIpc) is 2.84. The summed E-state index contributed by atoms with van der Waals surface area (Å²) in [5, 5.41) is 3.09. The molecule has 0 bridgehead atoms. The highest BCUT2D eigenvalue weighted by Crippen LogP contribution is 2.22. The third-order valence-electron chi connectivity index (χ3n) is 2.92. The zero-order chi connectivity index (χ0) is 13.8. The van der Waals surface area contributed by atoms with Crippen molar-refractivity contribution in [3.05, 3.63) is 34.4 Å². The number of aromatic nitrogens is 2. The minimum atomic E-state index is 0.0830. The first kappa shape index (κ1) is 13.7. The normalized spacial score (nSPS) is 10.5. The highest BCUT2D eigenvalue weighted by Gasteiger charge is 2.07. The van der Waals surface area contributed by atoms with E-state index in [2.05, 4.69) is 16.0 Å². The summed E-state index contributed by atoms with van der Waals surface area (Å²) in [5.74, 6) is 0.0830. The molecule has 0 saturated carbocycles. The molecule has 0 aliphatic carbocycles. The number of carbonyl (C=O) groups excluding carboxylic acids is 1. The van der Waals surface area contributed by atoms with Crippen LogP contribution in [0, 0.1) is 6.92 Å². The molecule has 2 aromatic heterocycles. The van der Waals surface area contributed by atoms with Gasteiger partial charge in [0.1, 0.15) is 0 Å². The van der Waals surface area contributed by atoms with Crippen molar-refractivity contribution in [2.75, 3.05) is 13.6 Å². The molecule has 0 unspecified atom stereocenters. The highest BCUT2D eigenvalue weighted by molar-refractivity contribution is 7.09. The molecule has 0 N–H and O–H groups in total. The molecule has 2 aromatic rings. The van der Waals surface area contributed by atoms with Crippen LogP contribution in [0.25, 0.3) is 11.3 Å². The van der Waals surface area contributed by atoms with Crippen molar-refractivity contribution in [3.8, 4) is 11.3 Å². The Morgan fingerprint density at radius 3 is 2.89 bits per heavy atom. The molecule has 0 saturated heterocycles. The fraction of sp³-hybridized carbons (Fsp3) is 0.357. The fourth-order valence-electron chi connectivity index (χ4n) is 1.67. The molecule has 2 rings (SSSR count). The van der Waals surface area contributed by atoms with Crippen LogP contribution in [0.3, 0.4) is 0 Å². The predicted molar refractivity (Wildman–Crippen MR) is 77.1 cm³/mol. The summed E-state index contributed by atoms with van der Waals surface area (Å²) in [6.07, 6.45) is 4.45. The largest absolute Gasteiger partial charge is 0.346 e. The molecule has 0 radical (unpaired) electrons. The number of nitrogens with zero attached hydrogens (tertiary/aromatic N) is 3. The van der Waals surface area contributed by atoms with E-state index in [4.69, 9.17) is 0 Å². The first-order chi connectivity index (χ1) is 9.06. The second-order valence-corrected chi connectivity index (χ2v) is 5.51. The van der Waals surface area contributed by atoms with Gasteiger partial charge in [-0.3, -0.25) is 9.78 Å². The Morgan fingerprint density at radius 1 is 1.42 bits per heavy atom. The molecule has 0 aliphatic rings. The maximum atomic E-state index is 11.1. The number of hydrogen-bond donors (Lipinski definition) is 0. The van der Waals surface area contributed by atoms with E-state index in [1.54, 1.807) is 30.2 Å². The van der Waals surface area contributed by atoms with Gasteiger partial charge in [-0.2, -0.15) is 0 Å². The first-order valence-electron chi connectivity index (χ1n) is 6.14. The van der Waals surface area contributed by atoms with Crippen molar-refractivity contribution in [2.45, 2.75) is 20.3 Å². The van der Waals surface area contributed by atoms with Gasteiger partial charge < -0.3 is 4.90 Å². The van der Waals surface area contributed by atoms with Gasteiger partial charge in [0.05, 0.1) is 10.7 Å². The van der Waals surface area contributed by atoms with Crippen molar-refractivity contribution < 1.29 is 4.79 Å². The highest BCUT2D eigenvalue weighted by atomic mass is 32.1. The molecular weight excluding hydrogens is 258 g/mol. The van der Waals surface area contributed by atoms with Crippen LogP contribution in [0.4, 0.5) is 0 Å². The third-order valence-corrected chi connectivity index (χ3v) is 3.83. The van der Waals surface area contributed by atoms with Crippen molar-refractivity contribution in [2.24, 2.45) is 0 Å². The van der Waals surface area contributed by atoms with Gasteiger partial charge in [-0.25, -0.2) is 4.98 Å². The Bertz CT molecular complexity index is 580. The summed E-state index contributed by atoms with van der Waals surface area (Å²) in [5.41, 5.74) is 3.13. The van der Waals surface area contributed by atoms with Crippen molar-refractivity contribution in [1.82, 2.24) is 14.9 Å². The maximum Gasteiger partial charge on any atom is 0.219 e. The van der Waals surface area contributed by atoms with Crippen molar-refractivity contribution in [3.63, 3.8) is 0 Å². The van der Waals surface area contributed by atoms with Gasteiger partial charge >= 0.3 is 0 Å². The van der Waals surface area contributed by atoms with E-state index in [1.807, 2.05) is 24.7 Å². The molecular formula is C14H17N3OS. The lowest BCUT2D eigenvalue weighted by Gasteiger charge is -2.12. The standard InChI is InChI=1S/C14H17N3OS/c1-10-6-12(8-15-7-10)13-9-19-14(16-13)4-5-17(3)11(2)18/h6-9H,4-5H2,1-3H3. The van der Waals surface area contributed by atoms with Crippen molar-refractivity contribution >= 4 is 17.2 Å². The molecule has 5 heteroatoms. The number of carbonyl (C=O) groups is 1. The van der Waals surface area contributed by atoms with Gasteiger partial charge in [-0.1, -0.05) is 0 Å². The van der Waals surface area contributed by atoms with E-state index in [9.17, 15) is 4.79 Å². The van der Waals surface area contributed by atoms with Crippen LogP contribution in [0.15, 0.2) is 23.8 Å². The van der Waals surface area contributed by atoms with E-state index in [-0.39, 0.29) is 5.91 Å². The zero-order valence-corrected chi connectivity index (χ0v) is 12.2. The smallest absolute Gasteiger partial charge is 0.219 e. The van der Waals surface area contributed by atoms with Gasteiger partial charge in [0.2, 0.25) is 5.91 Å². The zero-order valence-electron chi connectivity index (χ0n) is 11.4. The summed E-state index contributed by atoms with van der Waals surface area (Å²) in [4.78, 5) is 21.6. The minimum absolute atomic E-state index is 0.0830. The Labute approximate surface area is 117 Å². The molecule has 0 fully saturated rings. The lowest BCUT2D eigenvalue weighted by atomic mass is 10.2. The molecule has 0 aromatic carbocycles. The quantitative estimate of drug-likeness (QED) is 0.861. The lowest BCUT2D eigenvalue weighted by Crippen LogP contribution is -2.26. The second-order valence-electron chi connectivity index (χ2n) is 4.57. The molecule has 2 heterocycles. The van der Waals surface area contributed by atoms with Crippen LogP contribution >= 0.6 is 11.3 Å². The summed E-state index contributed by atoms with van der Waals surface area (Å²) < 4.78 is 0. The molecule has 4 nitrogen and oxygen atoms in total. The Morgan fingerprint density at radius 2 is 2.21 bits per heavy atom. The Kier molecular flexibility index (Phi) is 4.27. The number of likely N-dealkylation sites (N-methyl/N-ethyl adjacent to an activating group) is 1. The van der Waals surface area contributed by atoms with Crippen LogP contribution in [0.1, 0.15) is 17.5 Å². The summed E-state index contributed by atoms with van der Waals surface area (Å²) >= 11 is 1.63. The SMILES string of the molecule is CC(=O)N(C)CCc1nc(-c2cncc(C)c2)cs1. The number of rotatable bonds is 4. The van der Waals surface area contributed by atoms with Crippen LogP contribution in [0.5, 0.6) is 0 Å². The third kappa shape index (κ3) is 3.61. The number of thiazole rings is 1. The maximum absolute atomic E-state index is 11.1. The topological polar surface area (TPSA) is 46.1 Å². The minimum Gasteiger partial charge on any atom is -0.346 e. The van der Waals surface area contributed by atoms with E-state index in [0.29, 0.717) is 6.54 Å². The van der Waals surface area contributed by atoms with Crippen LogP contribution < -0.4 is 0 Å². The van der Waals surface area contributed by atoms with Gasteiger partial charge in [0.25, 0.3) is 0 Å². The number of hydrogen-bond acceptors (Lipinski definition) is 4. The number of aryl methyl sites for hydroxylation is 1. The van der Waals surface area contributed by atoms with Gasteiger partial charge in [-0.15, -0.1) is 11.3 Å². The van der Waals surface area contributed by atoms with Crippen molar-refractivity contribution in [1.29, 1.82) is 0 Å². The monoisotopic (exact) mass is 275 g/mol. The first-order valence-corrected chi connectivity index (χ1v) is 7.02. The molecule has 19 heavy (non-hydrogen) atoms. The van der Waals surface area contributed by atoms with Gasteiger partial charge in [-0.05, 0) is 18.6 Å². The predicted octanol–water partition coefficient (Wildman–Crippen LogP) is 2.53. The molecule has 1 amide bonds. The van der Waals surface area contributed by atoms with Gasteiger partial charge in [0.15, 0.2) is 0 Å². The Hall–Kier alpha value is -1.75. The second kappa shape index (κ2) is 5.93. The fourth-order valence-corrected chi connectivity index (χ4v) is 2.47. The van der Waals surface area contributed by atoms with Crippen LogP contribution in [-0.2, 0) is 11.2 Å². The molecule has 0 atom stereocenters.